The van der Waals surface area contributed by atoms with Crippen molar-refractivity contribution in [3.05, 3.63) is 29.8 Å². The molecule has 1 aliphatic rings. The number of hydrogen-bond donors (Lipinski definition) is 2. The Morgan fingerprint density at radius 3 is 3.13 bits per heavy atom. The summed E-state index contributed by atoms with van der Waals surface area (Å²) < 4.78 is 5.00. The average molecular weight is 317 g/mol. The maximum Gasteiger partial charge on any atom is 0.242 e. The molecular weight excluding hydrogens is 294 g/mol. The van der Waals surface area contributed by atoms with Crippen molar-refractivity contribution in [3.63, 3.8) is 0 Å². The van der Waals surface area contributed by atoms with E-state index in [1.807, 2.05) is 13.0 Å². The molecule has 0 aromatic carbocycles. The van der Waals surface area contributed by atoms with Gasteiger partial charge in [0.2, 0.25) is 5.91 Å². The maximum absolute atomic E-state index is 12.6. The fourth-order valence-corrected chi connectivity index (χ4v) is 3.28. The number of rotatable bonds is 5. The molecule has 0 radical (unpaired) electrons. The molecule has 7 nitrogen and oxygen atoms in total. The normalized spacial score (nSPS) is 20.3. The van der Waals surface area contributed by atoms with E-state index >= 15 is 0 Å². The number of aryl methyl sites for hydroxylation is 1. The van der Waals surface area contributed by atoms with Crippen molar-refractivity contribution in [2.45, 2.75) is 45.1 Å². The van der Waals surface area contributed by atoms with Crippen LogP contribution in [0.4, 0.5) is 5.82 Å². The summed E-state index contributed by atoms with van der Waals surface area (Å²) in [4.78, 5) is 14.9. The van der Waals surface area contributed by atoms with Crippen LogP contribution in [-0.2, 0) is 4.79 Å². The first kappa shape index (κ1) is 15.7. The van der Waals surface area contributed by atoms with Gasteiger partial charge in [0.25, 0.3) is 0 Å². The van der Waals surface area contributed by atoms with E-state index in [9.17, 15) is 4.79 Å². The van der Waals surface area contributed by atoms with Gasteiger partial charge in [-0.1, -0.05) is 12.1 Å². The van der Waals surface area contributed by atoms with Crippen LogP contribution in [0.1, 0.15) is 43.6 Å². The summed E-state index contributed by atoms with van der Waals surface area (Å²) in [6, 6.07) is 3.60. The lowest BCUT2D eigenvalue weighted by Crippen LogP contribution is -2.48. The molecule has 3 heterocycles. The Labute approximate surface area is 135 Å². The average Bonchev–Trinajstić information content (AvgIpc) is 3.20. The fourth-order valence-electron chi connectivity index (χ4n) is 3.28. The van der Waals surface area contributed by atoms with Crippen molar-refractivity contribution >= 4 is 11.7 Å². The van der Waals surface area contributed by atoms with Gasteiger partial charge in [-0.3, -0.25) is 14.8 Å². The van der Waals surface area contributed by atoms with Crippen molar-refractivity contribution in [1.29, 1.82) is 0 Å². The number of nitrogens with zero attached hydrogens (tertiary/aromatic N) is 3. The third-order valence-corrected chi connectivity index (χ3v) is 4.42. The number of carbonyl (C=O) groups excluding carboxylic acids is 1. The number of hydrogen-bond acceptors (Lipinski definition) is 5. The third kappa shape index (κ3) is 3.61. The predicted molar refractivity (Wildman–Crippen MR) is 86.1 cm³/mol. The minimum absolute atomic E-state index is 0.0222. The third-order valence-electron chi connectivity index (χ3n) is 4.42. The second-order valence-corrected chi connectivity index (χ2v) is 6.08. The highest BCUT2D eigenvalue weighted by Crippen LogP contribution is 2.27. The highest BCUT2D eigenvalue weighted by Gasteiger charge is 2.30. The van der Waals surface area contributed by atoms with Crippen LogP contribution in [0.25, 0.3) is 0 Å². The number of amides is 1. The molecule has 1 aliphatic heterocycles. The van der Waals surface area contributed by atoms with Crippen LogP contribution in [0.2, 0.25) is 0 Å². The molecule has 3 rings (SSSR count). The summed E-state index contributed by atoms with van der Waals surface area (Å²) in [5.41, 5.74) is 1.15. The molecule has 0 aliphatic carbocycles. The smallest absolute Gasteiger partial charge is 0.242 e. The molecule has 0 spiro atoms. The number of piperidine rings is 1. The second kappa shape index (κ2) is 6.95. The molecule has 0 unspecified atom stereocenters. The van der Waals surface area contributed by atoms with Crippen LogP contribution in [0.3, 0.4) is 0 Å². The summed E-state index contributed by atoms with van der Waals surface area (Å²) in [5.74, 6) is 1.55. The minimum atomic E-state index is -0.155. The fraction of sp³-hybridized carbons (Fsp3) is 0.562. The number of likely N-dealkylation sites (tertiary alicyclic amines) is 1. The number of aromatic nitrogens is 3. The van der Waals surface area contributed by atoms with E-state index < -0.39 is 0 Å². The summed E-state index contributed by atoms with van der Waals surface area (Å²) in [6.07, 6.45) is 4.75. The molecule has 1 amide bonds. The Hall–Kier alpha value is -2.15. The molecule has 124 valence electrons. The monoisotopic (exact) mass is 317 g/mol. The van der Waals surface area contributed by atoms with Crippen molar-refractivity contribution in [2.24, 2.45) is 0 Å². The van der Waals surface area contributed by atoms with Crippen LogP contribution in [0, 0.1) is 6.92 Å². The van der Waals surface area contributed by atoms with Crippen molar-refractivity contribution in [1.82, 2.24) is 20.3 Å². The Morgan fingerprint density at radius 2 is 2.48 bits per heavy atom. The predicted octanol–water partition coefficient (Wildman–Crippen LogP) is 2.30. The molecule has 7 heteroatoms. The second-order valence-electron chi connectivity index (χ2n) is 6.08. The first-order valence-electron chi connectivity index (χ1n) is 8.15. The zero-order valence-corrected chi connectivity index (χ0v) is 13.6. The number of aromatic amines is 1. The molecule has 23 heavy (non-hydrogen) atoms. The Kier molecular flexibility index (Phi) is 4.76. The van der Waals surface area contributed by atoms with E-state index in [4.69, 9.17) is 4.52 Å². The van der Waals surface area contributed by atoms with Crippen LogP contribution in [0.15, 0.2) is 22.9 Å². The molecule has 2 aromatic heterocycles. The quantitative estimate of drug-likeness (QED) is 0.883. The van der Waals surface area contributed by atoms with Crippen molar-refractivity contribution < 1.29 is 9.32 Å². The Morgan fingerprint density at radius 1 is 1.61 bits per heavy atom. The van der Waals surface area contributed by atoms with E-state index in [0.717, 1.165) is 38.0 Å². The number of anilines is 1. The van der Waals surface area contributed by atoms with E-state index in [1.54, 1.807) is 19.2 Å². The van der Waals surface area contributed by atoms with Gasteiger partial charge in [0, 0.05) is 30.4 Å². The maximum atomic E-state index is 12.6. The Bertz CT molecular complexity index is 637. The van der Waals surface area contributed by atoms with Crippen LogP contribution in [0.5, 0.6) is 0 Å². The lowest BCUT2D eigenvalue weighted by atomic mass is 9.93. The van der Waals surface area contributed by atoms with Gasteiger partial charge in [-0.15, -0.1) is 0 Å². The topological polar surface area (TPSA) is 87.1 Å². The zero-order chi connectivity index (χ0) is 16.2. The SMILES string of the molecule is CC[C@@H](C(=O)Nc1cc(C)on1)N1CCC[C@@H](c2ccn[nH]2)C1. The number of nitrogens with one attached hydrogen (secondary N) is 2. The molecule has 2 N–H and O–H groups in total. The summed E-state index contributed by atoms with van der Waals surface area (Å²) >= 11 is 0. The standard InChI is InChI=1S/C16H23N5O2/c1-3-14(16(22)18-15-9-11(2)23-20-15)21-8-4-5-12(10-21)13-6-7-17-19-13/h6-7,9,12,14H,3-5,8,10H2,1-2H3,(H,17,19)(H,18,20,22)/t12-,14+/m1/s1. The molecule has 1 saturated heterocycles. The molecule has 0 saturated carbocycles. The molecule has 0 bridgehead atoms. The summed E-state index contributed by atoms with van der Waals surface area (Å²) in [6.45, 7) is 5.65. The largest absolute Gasteiger partial charge is 0.360 e. The first-order valence-corrected chi connectivity index (χ1v) is 8.15. The highest BCUT2D eigenvalue weighted by atomic mass is 16.5. The van der Waals surface area contributed by atoms with Crippen LogP contribution in [-0.4, -0.2) is 45.3 Å². The van der Waals surface area contributed by atoms with Gasteiger partial charge in [0.1, 0.15) is 5.76 Å². The minimum Gasteiger partial charge on any atom is -0.360 e. The number of carbonyl (C=O) groups is 1. The van der Waals surface area contributed by atoms with Crippen molar-refractivity contribution in [2.75, 3.05) is 18.4 Å². The number of H-pyrrole nitrogens is 1. The van der Waals surface area contributed by atoms with Gasteiger partial charge in [-0.05, 0) is 38.8 Å². The van der Waals surface area contributed by atoms with E-state index in [2.05, 4.69) is 25.6 Å². The van der Waals surface area contributed by atoms with Gasteiger partial charge < -0.3 is 9.84 Å². The van der Waals surface area contributed by atoms with Gasteiger partial charge >= 0.3 is 0 Å². The van der Waals surface area contributed by atoms with E-state index in [1.165, 1.54) is 0 Å². The molecule has 2 atom stereocenters. The van der Waals surface area contributed by atoms with Gasteiger partial charge in [-0.2, -0.15) is 5.10 Å². The summed E-state index contributed by atoms with van der Waals surface area (Å²) in [5, 5.41) is 13.8. The van der Waals surface area contributed by atoms with Gasteiger partial charge in [0.15, 0.2) is 5.82 Å². The van der Waals surface area contributed by atoms with E-state index in [0.29, 0.717) is 17.5 Å². The molecule has 1 fully saturated rings. The molecular formula is C16H23N5O2. The van der Waals surface area contributed by atoms with Crippen LogP contribution < -0.4 is 5.32 Å². The molecule has 2 aromatic rings. The lowest BCUT2D eigenvalue weighted by molar-refractivity contribution is -0.122. The Balaban J connectivity index is 1.66. The van der Waals surface area contributed by atoms with E-state index in [-0.39, 0.29) is 11.9 Å². The summed E-state index contributed by atoms with van der Waals surface area (Å²) in [7, 11) is 0. The van der Waals surface area contributed by atoms with Gasteiger partial charge in [0.05, 0.1) is 6.04 Å². The first-order chi connectivity index (χ1) is 11.2. The zero-order valence-electron chi connectivity index (χ0n) is 13.6. The van der Waals surface area contributed by atoms with Gasteiger partial charge in [-0.25, -0.2) is 0 Å². The van der Waals surface area contributed by atoms with Crippen LogP contribution >= 0.6 is 0 Å². The highest BCUT2D eigenvalue weighted by molar-refractivity contribution is 5.94. The van der Waals surface area contributed by atoms with Crippen molar-refractivity contribution in [3.8, 4) is 0 Å². The lowest BCUT2D eigenvalue weighted by Gasteiger charge is -2.36.